The van der Waals surface area contributed by atoms with Crippen LogP contribution in [0.2, 0.25) is 0 Å². The van der Waals surface area contributed by atoms with E-state index in [9.17, 15) is 0 Å². The van der Waals surface area contributed by atoms with Crippen LogP contribution in [-0.4, -0.2) is 26.1 Å². The zero-order valence-electron chi connectivity index (χ0n) is 10.0. The molecule has 0 amide bonds. The van der Waals surface area contributed by atoms with Crippen molar-refractivity contribution in [3.05, 3.63) is 24.0 Å². The van der Waals surface area contributed by atoms with Crippen molar-refractivity contribution < 1.29 is 4.74 Å². The lowest BCUT2D eigenvalue weighted by Gasteiger charge is -2.09. The summed E-state index contributed by atoms with van der Waals surface area (Å²) in [6.45, 7) is 2.20. The van der Waals surface area contributed by atoms with E-state index in [2.05, 4.69) is 15.0 Å². The van der Waals surface area contributed by atoms with Gasteiger partial charge in [0, 0.05) is 0 Å². The highest BCUT2D eigenvalue weighted by Crippen LogP contribution is 2.25. The number of nitrogens with zero attached hydrogens (tertiary/aromatic N) is 6. The second-order valence-electron chi connectivity index (χ2n) is 3.38. The number of ether oxygens (including phenoxy) is 1. The Balaban J connectivity index is 2.61. The van der Waals surface area contributed by atoms with E-state index in [1.54, 1.807) is 6.92 Å². The largest absolute Gasteiger partial charge is 0.476 e. The van der Waals surface area contributed by atoms with Gasteiger partial charge in [0.2, 0.25) is 5.88 Å². The SMILES string of the molecule is CCOc1ncnc(-n2cnc(C#N)c2C#N)c1N. The van der Waals surface area contributed by atoms with Gasteiger partial charge in [0.15, 0.2) is 17.2 Å². The predicted molar refractivity (Wildman–Crippen MR) is 64.2 cm³/mol. The summed E-state index contributed by atoms with van der Waals surface area (Å²) in [7, 11) is 0. The fraction of sp³-hybridized carbons (Fsp3) is 0.182. The van der Waals surface area contributed by atoms with Crippen LogP contribution in [0, 0.1) is 22.7 Å². The van der Waals surface area contributed by atoms with E-state index < -0.39 is 0 Å². The molecule has 94 valence electrons. The van der Waals surface area contributed by atoms with Crippen LogP contribution in [0.5, 0.6) is 5.88 Å². The fourth-order valence-corrected chi connectivity index (χ4v) is 1.51. The standard InChI is InChI=1S/C11H9N7O/c1-2-19-11-9(14)10(15-5-16-11)18-6-17-7(3-12)8(18)4-13/h5-6H,2,14H2,1H3. The molecule has 2 rings (SSSR count). The highest BCUT2D eigenvalue weighted by molar-refractivity contribution is 5.61. The van der Waals surface area contributed by atoms with Gasteiger partial charge in [0.05, 0.1) is 6.61 Å². The second kappa shape index (κ2) is 5.02. The predicted octanol–water partition coefficient (Wildman–Crippen LogP) is 0.387. The Morgan fingerprint density at radius 3 is 2.74 bits per heavy atom. The molecule has 2 aromatic heterocycles. The zero-order chi connectivity index (χ0) is 13.8. The van der Waals surface area contributed by atoms with E-state index in [0.29, 0.717) is 6.61 Å². The summed E-state index contributed by atoms with van der Waals surface area (Å²) in [6, 6.07) is 3.72. The summed E-state index contributed by atoms with van der Waals surface area (Å²) < 4.78 is 6.58. The molecule has 0 spiro atoms. The normalized spacial score (nSPS) is 9.63. The molecule has 0 aromatic carbocycles. The summed E-state index contributed by atoms with van der Waals surface area (Å²) in [5.74, 6) is 0.479. The molecule has 2 heterocycles. The topological polar surface area (TPSA) is 126 Å². The lowest BCUT2D eigenvalue weighted by atomic mass is 10.3. The van der Waals surface area contributed by atoms with Gasteiger partial charge in [0.25, 0.3) is 0 Å². The van der Waals surface area contributed by atoms with Crippen molar-refractivity contribution in [1.29, 1.82) is 10.5 Å². The van der Waals surface area contributed by atoms with Crippen LogP contribution in [0.4, 0.5) is 5.69 Å². The van der Waals surface area contributed by atoms with E-state index in [4.69, 9.17) is 21.0 Å². The van der Waals surface area contributed by atoms with Gasteiger partial charge in [-0.2, -0.15) is 15.5 Å². The lowest BCUT2D eigenvalue weighted by molar-refractivity contribution is 0.328. The van der Waals surface area contributed by atoms with Crippen molar-refractivity contribution in [3.8, 4) is 23.8 Å². The van der Waals surface area contributed by atoms with Gasteiger partial charge in [0.1, 0.15) is 30.5 Å². The summed E-state index contributed by atoms with van der Waals surface area (Å²) in [4.78, 5) is 11.7. The van der Waals surface area contributed by atoms with Gasteiger partial charge in [-0.15, -0.1) is 0 Å². The highest BCUT2D eigenvalue weighted by Gasteiger charge is 2.17. The Morgan fingerprint density at radius 1 is 1.32 bits per heavy atom. The number of anilines is 1. The van der Waals surface area contributed by atoms with Crippen LogP contribution in [0.15, 0.2) is 12.7 Å². The molecule has 2 aromatic rings. The minimum Gasteiger partial charge on any atom is -0.476 e. The maximum Gasteiger partial charge on any atom is 0.242 e. The molecule has 8 nitrogen and oxygen atoms in total. The summed E-state index contributed by atoms with van der Waals surface area (Å²) in [6.07, 6.45) is 2.58. The first-order valence-electron chi connectivity index (χ1n) is 5.34. The van der Waals surface area contributed by atoms with E-state index in [-0.39, 0.29) is 28.8 Å². The molecule has 0 aliphatic rings. The number of nitrogens with two attached hydrogens (primary N) is 1. The third kappa shape index (κ3) is 2.03. The molecule has 0 saturated carbocycles. The molecule has 0 bridgehead atoms. The zero-order valence-corrected chi connectivity index (χ0v) is 10.0. The Morgan fingerprint density at radius 2 is 2.11 bits per heavy atom. The van der Waals surface area contributed by atoms with Gasteiger partial charge >= 0.3 is 0 Å². The quantitative estimate of drug-likeness (QED) is 0.840. The van der Waals surface area contributed by atoms with Gasteiger partial charge in [-0.25, -0.2) is 9.97 Å². The number of rotatable bonds is 3. The summed E-state index contributed by atoms with van der Waals surface area (Å²) in [5, 5.41) is 17.9. The average molecular weight is 255 g/mol. The first-order valence-corrected chi connectivity index (χ1v) is 5.34. The van der Waals surface area contributed by atoms with Crippen molar-refractivity contribution in [2.75, 3.05) is 12.3 Å². The number of aromatic nitrogens is 4. The smallest absolute Gasteiger partial charge is 0.242 e. The van der Waals surface area contributed by atoms with Crippen LogP contribution in [0.25, 0.3) is 5.82 Å². The lowest BCUT2D eigenvalue weighted by Crippen LogP contribution is -2.08. The second-order valence-corrected chi connectivity index (χ2v) is 3.38. The molecule has 0 unspecified atom stereocenters. The van der Waals surface area contributed by atoms with E-state index in [1.807, 2.05) is 12.1 Å². The van der Waals surface area contributed by atoms with Crippen molar-refractivity contribution in [2.24, 2.45) is 0 Å². The van der Waals surface area contributed by atoms with Crippen molar-refractivity contribution in [3.63, 3.8) is 0 Å². The minimum atomic E-state index is 0.0125. The Bertz CT molecular complexity index is 692. The summed E-state index contributed by atoms with van der Waals surface area (Å²) in [5.41, 5.74) is 6.15. The van der Waals surface area contributed by atoms with Crippen LogP contribution < -0.4 is 10.5 Å². The fourth-order valence-electron chi connectivity index (χ4n) is 1.51. The number of imidazole rings is 1. The molecule has 19 heavy (non-hydrogen) atoms. The maximum atomic E-state index is 9.07. The van der Waals surface area contributed by atoms with Crippen LogP contribution in [0.1, 0.15) is 18.3 Å². The number of nitriles is 2. The van der Waals surface area contributed by atoms with Gasteiger partial charge in [-0.05, 0) is 6.92 Å². The van der Waals surface area contributed by atoms with Crippen LogP contribution in [0.3, 0.4) is 0 Å². The van der Waals surface area contributed by atoms with Gasteiger partial charge in [-0.3, -0.25) is 4.57 Å². The van der Waals surface area contributed by atoms with Crippen molar-refractivity contribution in [2.45, 2.75) is 6.92 Å². The molecular formula is C11H9N7O. The molecule has 0 aliphatic carbocycles. The Kier molecular flexibility index (Phi) is 3.26. The average Bonchev–Trinajstić information content (AvgIpc) is 2.84. The number of hydrogen-bond donors (Lipinski definition) is 1. The number of nitrogen functional groups attached to an aromatic ring is 1. The Hall–Kier alpha value is -3.13. The third-order valence-electron chi connectivity index (χ3n) is 2.31. The third-order valence-corrected chi connectivity index (χ3v) is 2.31. The molecular weight excluding hydrogens is 246 g/mol. The van der Waals surface area contributed by atoms with Crippen molar-refractivity contribution in [1.82, 2.24) is 19.5 Å². The molecule has 0 saturated heterocycles. The first-order chi connectivity index (χ1) is 9.22. The molecule has 0 radical (unpaired) electrons. The highest BCUT2D eigenvalue weighted by atomic mass is 16.5. The number of hydrogen-bond acceptors (Lipinski definition) is 7. The van der Waals surface area contributed by atoms with E-state index >= 15 is 0 Å². The minimum absolute atomic E-state index is 0.0125. The van der Waals surface area contributed by atoms with Crippen molar-refractivity contribution >= 4 is 5.69 Å². The molecule has 0 atom stereocenters. The van der Waals surface area contributed by atoms with E-state index in [0.717, 1.165) is 0 Å². The van der Waals surface area contributed by atoms with Gasteiger partial charge < -0.3 is 10.5 Å². The first kappa shape index (κ1) is 12.3. The van der Waals surface area contributed by atoms with Crippen LogP contribution >= 0.6 is 0 Å². The molecule has 0 fully saturated rings. The molecule has 8 heteroatoms. The monoisotopic (exact) mass is 255 g/mol. The summed E-state index contributed by atoms with van der Waals surface area (Å²) >= 11 is 0. The van der Waals surface area contributed by atoms with E-state index in [1.165, 1.54) is 17.2 Å². The Labute approximate surface area is 108 Å². The molecule has 0 aliphatic heterocycles. The van der Waals surface area contributed by atoms with Crippen LogP contribution in [-0.2, 0) is 0 Å². The molecule has 2 N–H and O–H groups in total. The van der Waals surface area contributed by atoms with Gasteiger partial charge in [-0.1, -0.05) is 0 Å². The maximum absolute atomic E-state index is 9.07.